The van der Waals surface area contributed by atoms with E-state index in [2.05, 4.69) is 20.6 Å². The van der Waals surface area contributed by atoms with Crippen molar-refractivity contribution < 1.29 is 18.3 Å². The van der Waals surface area contributed by atoms with Crippen LogP contribution in [-0.2, 0) is 4.74 Å². The third kappa shape index (κ3) is 4.32. The van der Waals surface area contributed by atoms with Crippen molar-refractivity contribution in [2.75, 3.05) is 23.0 Å². The number of aromatic nitrogens is 2. The van der Waals surface area contributed by atoms with E-state index in [0.717, 1.165) is 18.2 Å². The number of carbonyl (C=O) groups excluding carboxylic acids is 1. The van der Waals surface area contributed by atoms with Crippen LogP contribution in [0.3, 0.4) is 0 Å². The van der Waals surface area contributed by atoms with Gasteiger partial charge in [-0.3, -0.25) is 0 Å². The van der Waals surface area contributed by atoms with Crippen LogP contribution in [0.1, 0.15) is 17.3 Å². The third-order valence-electron chi connectivity index (χ3n) is 3.72. The van der Waals surface area contributed by atoms with Gasteiger partial charge in [-0.2, -0.15) is 0 Å². The number of nitrogens with two attached hydrogens (primary N) is 1. The highest BCUT2D eigenvalue weighted by atomic mass is 19.1. The number of hydrogen-bond acceptors (Lipinski definition) is 7. The smallest absolute Gasteiger partial charge is 0.338 e. The highest BCUT2D eigenvalue weighted by Crippen LogP contribution is 2.29. The van der Waals surface area contributed by atoms with Gasteiger partial charge >= 0.3 is 5.97 Å². The Morgan fingerprint density at radius 2 is 1.75 bits per heavy atom. The summed E-state index contributed by atoms with van der Waals surface area (Å²) in [7, 11) is 0. The van der Waals surface area contributed by atoms with E-state index >= 15 is 0 Å². The molecular formula is C19H17F2N5O2. The molecule has 3 rings (SSSR count). The molecule has 0 bridgehead atoms. The van der Waals surface area contributed by atoms with Crippen LogP contribution in [0.4, 0.5) is 37.5 Å². The molecule has 7 nitrogen and oxygen atoms in total. The zero-order valence-electron chi connectivity index (χ0n) is 14.9. The lowest BCUT2D eigenvalue weighted by atomic mass is 10.2. The molecule has 4 N–H and O–H groups in total. The fourth-order valence-corrected chi connectivity index (χ4v) is 2.36. The van der Waals surface area contributed by atoms with Gasteiger partial charge in [0.15, 0.2) is 11.6 Å². The summed E-state index contributed by atoms with van der Waals surface area (Å²) in [6.45, 7) is 2.02. The number of hydrogen-bond donors (Lipinski definition) is 3. The number of benzene rings is 2. The number of ether oxygens (including phenoxy) is 1. The van der Waals surface area contributed by atoms with Crippen molar-refractivity contribution in [1.82, 2.24) is 9.97 Å². The van der Waals surface area contributed by atoms with Crippen molar-refractivity contribution in [2.45, 2.75) is 6.92 Å². The van der Waals surface area contributed by atoms with E-state index in [0.29, 0.717) is 11.3 Å². The van der Waals surface area contributed by atoms with Gasteiger partial charge in [0.25, 0.3) is 0 Å². The molecule has 1 heterocycles. The molecule has 0 saturated carbocycles. The van der Waals surface area contributed by atoms with Gasteiger partial charge in [-0.15, -0.1) is 0 Å². The number of nitrogens with one attached hydrogen (secondary N) is 2. The van der Waals surface area contributed by atoms with Crippen LogP contribution in [0, 0.1) is 11.6 Å². The molecule has 0 radical (unpaired) electrons. The van der Waals surface area contributed by atoms with E-state index in [1.54, 1.807) is 31.2 Å². The zero-order valence-corrected chi connectivity index (χ0v) is 14.9. The number of nitrogen functional groups attached to an aromatic ring is 1. The van der Waals surface area contributed by atoms with Gasteiger partial charge in [-0.1, -0.05) is 0 Å². The van der Waals surface area contributed by atoms with Crippen LogP contribution in [0.15, 0.2) is 48.8 Å². The number of rotatable bonds is 6. The summed E-state index contributed by atoms with van der Waals surface area (Å²) in [6.07, 6.45) is 1.23. The fourth-order valence-electron chi connectivity index (χ4n) is 2.36. The molecule has 0 saturated heterocycles. The van der Waals surface area contributed by atoms with Crippen LogP contribution in [0.2, 0.25) is 0 Å². The van der Waals surface area contributed by atoms with Crippen molar-refractivity contribution in [3.05, 3.63) is 66.0 Å². The summed E-state index contributed by atoms with van der Waals surface area (Å²) in [6, 6.07) is 9.52. The summed E-state index contributed by atoms with van der Waals surface area (Å²) in [5, 5.41) is 5.64. The maximum absolute atomic E-state index is 13.8. The molecule has 0 atom stereocenters. The third-order valence-corrected chi connectivity index (χ3v) is 3.72. The topological polar surface area (TPSA) is 102 Å². The molecule has 0 aliphatic rings. The first-order valence-corrected chi connectivity index (χ1v) is 8.34. The van der Waals surface area contributed by atoms with Crippen molar-refractivity contribution in [3.8, 4) is 0 Å². The van der Waals surface area contributed by atoms with E-state index in [1.165, 1.54) is 6.33 Å². The fraction of sp³-hybridized carbons (Fsp3) is 0.105. The minimum Gasteiger partial charge on any atom is -0.462 e. The summed E-state index contributed by atoms with van der Waals surface area (Å²) < 4.78 is 32.1. The van der Waals surface area contributed by atoms with Crippen molar-refractivity contribution in [1.29, 1.82) is 0 Å². The molecule has 0 spiro atoms. The minimum absolute atomic E-state index is 0.102. The molecule has 144 valence electrons. The van der Waals surface area contributed by atoms with Gasteiger partial charge in [0.05, 0.1) is 17.9 Å². The zero-order chi connectivity index (χ0) is 20.1. The number of carbonyl (C=O) groups is 1. The number of halogens is 2. The van der Waals surface area contributed by atoms with E-state index in [4.69, 9.17) is 10.5 Å². The summed E-state index contributed by atoms with van der Waals surface area (Å²) in [5.74, 6) is -1.29. The molecule has 0 aliphatic carbocycles. The van der Waals surface area contributed by atoms with Crippen molar-refractivity contribution in [2.24, 2.45) is 0 Å². The van der Waals surface area contributed by atoms with Gasteiger partial charge in [0.1, 0.15) is 23.6 Å². The Labute approximate surface area is 159 Å². The standard InChI is InChI=1S/C19H17F2N5O2/c1-2-28-19(27)11-3-6-13(7-4-11)25-17-16(22)18(24-10-23-17)26-15-9-12(20)5-8-14(15)21/h3-10H,2,22H2,1H3,(H2,23,24,25,26). The summed E-state index contributed by atoms with van der Waals surface area (Å²) >= 11 is 0. The van der Waals surface area contributed by atoms with E-state index in [-0.39, 0.29) is 29.6 Å². The number of nitrogens with zero attached hydrogens (tertiary/aromatic N) is 2. The number of esters is 1. The Morgan fingerprint density at radius 3 is 2.43 bits per heavy atom. The highest BCUT2D eigenvalue weighted by Gasteiger charge is 2.12. The lowest BCUT2D eigenvalue weighted by Crippen LogP contribution is -2.07. The molecular weight excluding hydrogens is 368 g/mol. The Hall–Kier alpha value is -3.75. The first kappa shape index (κ1) is 19.0. The molecule has 0 amide bonds. The normalized spacial score (nSPS) is 10.4. The first-order chi connectivity index (χ1) is 13.5. The van der Waals surface area contributed by atoms with Gasteiger partial charge < -0.3 is 21.1 Å². The van der Waals surface area contributed by atoms with E-state index < -0.39 is 17.6 Å². The molecule has 2 aromatic carbocycles. The second-order valence-corrected chi connectivity index (χ2v) is 5.66. The lowest BCUT2D eigenvalue weighted by Gasteiger charge is -2.13. The second kappa shape index (κ2) is 8.30. The molecule has 0 unspecified atom stereocenters. The first-order valence-electron chi connectivity index (χ1n) is 8.34. The Bertz CT molecular complexity index is 996. The molecule has 1 aromatic heterocycles. The van der Waals surface area contributed by atoms with Gasteiger partial charge in [0.2, 0.25) is 0 Å². The van der Waals surface area contributed by atoms with E-state index in [1.807, 2.05) is 0 Å². The van der Waals surface area contributed by atoms with Gasteiger partial charge in [-0.25, -0.2) is 23.5 Å². The van der Waals surface area contributed by atoms with Crippen molar-refractivity contribution in [3.63, 3.8) is 0 Å². The SMILES string of the molecule is CCOC(=O)c1ccc(Nc2ncnc(Nc3cc(F)ccc3F)c2N)cc1. The molecule has 28 heavy (non-hydrogen) atoms. The molecule has 9 heteroatoms. The van der Waals surface area contributed by atoms with Crippen molar-refractivity contribution >= 4 is 34.7 Å². The summed E-state index contributed by atoms with van der Waals surface area (Å²) in [4.78, 5) is 19.7. The minimum atomic E-state index is -0.650. The van der Waals surface area contributed by atoms with Gasteiger partial charge in [0, 0.05) is 11.8 Å². The highest BCUT2D eigenvalue weighted by molar-refractivity contribution is 5.90. The largest absolute Gasteiger partial charge is 0.462 e. The summed E-state index contributed by atoms with van der Waals surface area (Å²) in [5.41, 5.74) is 7.08. The Balaban J connectivity index is 1.79. The number of anilines is 5. The van der Waals surface area contributed by atoms with Crippen LogP contribution >= 0.6 is 0 Å². The average Bonchev–Trinajstić information content (AvgIpc) is 2.68. The van der Waals surface area contributed by atoms with Crippen LogP contribution in [0.5, 0.6) is 0 Å². The monoisotopic (exact) mass is 385 g/mol. The van der Waals surface area contributed by atoms with Gasteiger partial charge in [-0.05, 0) is 43.3 Å². The maximum Gasteiger partial charge on any atom is 0.338 e. The van der Waals surface area contributed by atoms with Crippen LogP contribution < -0.4 is 16.4 Å². The lowest BCUT2D eigenvalue weighted by molar-refractivity contribution is 0.0526. The van der Waals surface area contributed by atoms with Crippen LogP contribution in [0.25, 0.3) is 0 Å². The van der Waals surface area contributed by atoms with Crippen LogP contribution in [-0.4, -0.2) is 22.5 Å². The Morgan fingerprint density at radius 1 is 1.07 bits per heavy atom. The van der Waals surface area contributed by atoms with E-state index in [9.17, 15) is 13.6 Å². The maximum atomic E-state index is 13.8. The molecule has 3 aromatic rings. The quantitative estimate of drug-likeness (QED) is 0.551. The molecule has 0 fully saturated rings. The predicted octanol–water partition coefficient (Wildman–Crippen LogP) is 4.00. The molecule has 0 aliphatic heterocycles. The average molecular weight is 385 g/mol. The second-order valence-electron chi connectivity index (χ2n) is 5.66. The Kier molecular flexibility index (Phi) is 5.64. The predicted molar refractivity (Wildman–Crippen MR) is 102 cm³/mol.